The number of nitrogens with zero attached hydrogens (tertiary/aromatic N) is 4. The summed E-state index contributed by atoms with van der Waals surface area (Å²) < 4.78 is 4.05. The van der Waals surface area contributed by atoms with Crippen LogP contribution in [0.5, 0.6) is 0 Å². The quantitative estimate of drug-likeness (QED) is 0.876. The zero-order valence-electron chi connectivity index (χ0n) is 11.5. The maximum atomic E-state index is 4.36. The molecule has 0 aliphatic carbocycles. The summed E-state index contributed by atoms with van der Waals surface area (Å²) in [6.07, 6.45) is 5.79. The lowest BCUT2D eigenvalue weighted by atomic mass is 10.1. The maximum Gasteiger partial charge on any atom is 0.122 e. The van der Waals surface area contributed by atoms with E-state index < -0.39 is 0 Å². The van der Waals surface area contributed by atoms with E-state index in [1.54, 1.807) is 0 Å². The Morgan fingerprint density at radius 2 is 2.22 bits per heavy atom. The number of hydrogen-bond donors (Lipinski definition) is 1. The van der Waals surface area contributed by atoms with Gasteiger partial charge in [0.15, 0.2) is 0 Å². The maximum absolute atomic E-state index is 4.36. The molecule has 0 aliphatic rings. The third-order valence-electron chi connectivity index (χ3n) is 3.45. The third-order valence-corrected chi connectivity index (χ3v) is 3.45. The normalized spacial score (nSPS) is 12.9. The third kappa shape index (κ3) is 2.46. The van der Waals surface area contributed by atoms with Gasteiger partial charge in [-0.3, -0.25) is 4.68 Å². The summed E-state index contributed by atoms with van der Waals surface area (Å²) in [6, 6.07) is 0.278. The minimum absolute atomic E-state index is 0.278. The van der Waals surface area contributed by atoms with Gasteiger partial charge in [-0.2, -0.15) is 5.10 Å². The van der Waals surface area contributed by atoms with E-state index in [0.29, 0.717) is 0 Å². The molecule has 0 saturated carbocycles. The second kappa shape index (κ2) is 5.35. The monoisotopic (exact) mass is 247 g/mol. The molecule has 0 bridgehead atoms. The fraction of sp³-hybridized carbons (Fsp3) is 0.538. The minimum Gasteiger partial charge on any atom is -0.334 e. The number of hydrogen-bond acceptors (Lipinski definition) is 3. The molecule has 2 rings (SSSR count). The van der Waals surface area contributed by atoms with Crippen molar-refractivity contribution < 1.29 is 0 Å². The molecule has 5 nitrogen and oxygen atoms in total. The van der Waals surface area contributed by atoms with Crippen LogP contribution in [-0.2, 0) is 20.1 Å². The summed E-state index contributed by atoms with van der Waals surface area (Å²) in [5.41, 5.74) is 2.45. The van der Waals surface area contributed by atoms with Crippen molar-refractivity contribution >= 4 is 0 Å². The van der Waals surface area contributed by atoms with E-state index in [0.717, 1.165) is 18.9 Å². The molecule has 2 aromatic heterocycles. The molecule has 2 heterocycles. The molecular formula is C13H21N5. The van der Waals surface area contributed by atoms with Crippen molar-refractivity contribution in [3.8, 4) is 0 Å². The Hall–Kier alpha value is -1.62. The van der Waals surface area contributed by atoms with Gasteiger partial charge >= 0.3 is 0 Å². The molecule has 0 radical (unpaired) electrons. The van der Waals surface area contributed by atoms with E-state index in [2.05, 4.69) is 40.7 Å². The average Bonchev–Trinajstić information content (AvgIpc) is 2.94. The van der Waals surface area contributed by atoms with Crippen LogP contribution in [0.25, 0.3) is 0 Å². The zero-order chi connectivity index (χ0) is 13.1. The van der Waals surface area contributed by atoms with E-state index in [1.165, 1.54) is 11.3 Å². The lowest BCUT2D eigenvalue weighted by Gasteiger charge is -2.14. The van der Waals surface area contributed by atoms with Crippen LogP contribution in [0.3, 0.4) is 0 Å². The highest BCUT2D eigenvalue weighted by Gasteiger charge is 2.12. The summed E-state index contributed by atoms with van der Waals surface area (Å²) in [7, 11) is 1.97. The first-order valence-electron chi connectivity index (χ1n) is 6.35. The van der Waals surface area contributed by atoms with Crippen LogP contribution in [0.1, 0.15) is 37.0 Å². The van der Waals surface area contributed by atoms with E-state index in [9.17, 15) is 0 Å². The molecule has 0 amide bonds. The molecule has 1 unspecified atom stereocenters. The van der Waals surface area contributed by atoms with Crippen LogP contribution >= 0.6 is 0 Å². The van der Waals surface area contributed by atoms with E-state index in [4.69, 9.17) is 0 Å². The SMILES string of the molecule is CCn1ccnc1CNC(C)c1cnn(C)c1C. The van der Waals surface area contributed by atoms with Gasteiger partial charge in [0.1, 0.15) is 5.82 Å². The van der Waals surface area contributed by atoms with Gasteiger partial charge in [0.2, 0.25) is 0 Å². The van der Waals surface area contributed by atoms with Crippen LogP contribution in [-0.4, -0.2) is 19.3 Å². The lowest BCUT2D eigenvalue weighted by Crippen LogP contribution is -2.21. The highest BCUT2D eigenvalue weighted by molar-refractivity contribution is 5.19. The number of rotatable bonds is 5. The van der Waals surface area contributed by atoms with Crippen LogP contribution < -0.4 is 5.32 Å². The van der Waals surface area contributed by atoms with Crippen molar-refractivity contribution in [1.82, 2.24) is 24.6 Å². The Kier molecular flexibility index (Phi) is 3.81. The minimum atomic E-state index is 0.278. The molecule has 0 fully saturated rings. The van der Waals surface area contributed by atoms with Gasteiger partial charge in [-0.15, -0.1) is 0 Å². The highest BCUT2D eigenvalue weighted by Crippen LogP contribution is 2.16. The van der Waals surface area contributed by atoms with Gasteiger partial charge in [-0.25, -0.2) is 4.98 Å². The first-order valence-corrected chi connectivity index (χ1v) is 6.35. The number of imidazole rings is 1. The fourth-order valence-electron chi connectivity index (χ4n) is 2.09. The summed E-state index contributed by atoms with van der Waals surface area (Å²) in [5, 5.41) is 7.77. The number of aryl methyl sites for hydroxylation is 2. The topological polar surface area (TPSA) is 47.7 Å². The van der Waals surface area contributed by atoms with Crippen LogP contribution in [0.4, 0.5) is 0 Å². The van der Waals surface area contributed by atoms with Crippen molar-refractivity contribution in [1.29, 1.82) is 0 Å². The molecule has 2 aromatic rings. The molecule has 1 atom stereocenters. The van der Waals surface area contributed by atoms with Crippen molar-refractivity contribution in [2.45, 2.75) is 39.9 Å². The largest absolute Gasteiger partial charge is 0.334 e. The smallest absolute Gasteiger partial charge is 0.122 e. The Balaban J connectivity index is 2.00. The average molecular weight is 247 g/mol. The van der Waals surface area contributed by atoms with E-state index in [1.807, 2.05) is 30.3 Å². The van der Waals surface area contributed by atoms with E-state index in [-0.39, 0.29) is 6.04 Å². The molecule has 0 saturated heterocycles. The van der Waals surface area contributed by atoms with Crippen molar-refractivity contribution in [3.63, 3.8) is 0 Å². The van der Waals surface area contributed by atoms with Gasteiger partial charge in [-0.05, 0) is 20.8 Å². The molecule has 0 aromatic carbocycles. The molecular weight excluding hydrogens is 226 g/mol. The zero-order valence-corrected chi connectivity index (χ0v) is 11.5. The van der Waals surface area contributed by atoms with Crippen LogP contribution in [0.15, 0.2) is 18.6 Å². The van der Waals surface area contributed by atoms with Gasteiger partial charge < -0.3 is 9.88 Å². The Morgan fingerprint density at radius 1 is 1.44 bits per heavy atom. The predicted octanol–water partition coefficient (Wildman–Crippen LogP) is 1.80. The first kappa shape index (κ1) is 12.8. The summed E-state index contributed by atoms with van der Waals surface area (Å²) in [6.45, 7) is 8.10. The summed E-state index contributed by atoms with van der Waals surface area (Å²) in [5.74, 6) is 1.07. The lowest BCUT2D eigenvalue weighted by molar-refractivity contribution is 0.537. The summed E-state index contributed by atoms with van der Waals surface area (Å²) >= 11 is 0. The molecule has 0 spiro atoms. The van der Waals surface area contributed by atoms with Crippen LogP contribution in [0.2, 0.25) is 0 Å². The van der Waals surface area contributed by atoms with Crippen LogP contribution in [0, 0.1) is 6.92 Å². The number of nitrogens with one attached hydrogen (secondary N) is 1. The Morgan fingerprint density at radius 3 is 2.83 bits per heavy atom. The van der Waals surface area contributed by atoms with Crippen molar-refractivity contribution in [2.75, 3.05) is 0 Å². The highest BCUT2D eigenvalue weighted by atomic mass is 15.3. The van der Waals surface area contributed by atoms with E-state index >= 15 is 0 Å². The van der Waals surface area contributed by atoms with Gasteiger partial charge in [0.25, 0.3) is 0 Å². The molecule has 0 aliphatic heterocycles. The fourth-order valence-corrected chi connectivity index (χ4v) is 2.09. The molecule has 5 heteroatoms. The van der Waals surface area contributed by atoms with Gasteiger partial charge in [0, 0.05) is 43.3 Å². The standard InChI is InChI=1S/C13H21N5/c1-5-18-7-6-14-13(18)9-15-10(2)12-8-16-17(4)11(12)3/h6-8,10,15H,5,9H2,1-4H3. The molecule has 18 heavy (non-hydrogen) atoms. The second-order valence-corrected chi connectivity index (χ2v) is 4.54. The Bertz CT molecular complexity index is 511. The molecule has 98 valence electrons. The van der Waals surface area contributed by atoms with Gasteiger partial charge in [0.05, 0.1) is 12.7 Å². The number of aromatic nitrogens is 4. The van der Waals surface area contributed by atoms with Crippen molar-refractivity contribution in [3.05, 3.63) is 35.7 Å². The first-order chi connectivity index (χ1) is 8.63. The molecule has 1 N–H and O–H groups in total. The van der Waals surface area contributed by atoms with Crippen molar-refractivity contribution in [2.24, 2.45) is 7.05 Å². The van der Waals surface area contributed by atoms with Gasteiger partial charge in [-0.1, -0.05) is 0 Å². The predicted molar refractivity (Wildman–Crippen MR) is 71.1 cm³/mol. The second-order valence-electron chi connectivity index (χ2n) is 4.54. The Labute approximate surface area is 108 Å². The summed E-state index contributed by atoms with van der Waals surface area (Å²) in [4.78, 5) is 4.36.